The Morgan fingerprint density at radius 1 is 1.57 bits per heavy atom. The lowest BCUT2D eigenvalue weighted by Gasteiger charge is -2.05. The van der Waals surface area contributed by atoms with E-state index in [9.17, 15) is 4.79 Å². The molecule has 2 aromatic rings. The molecule has 74 valence electrons. The highest BCUT2D eigenvalue weighted by Crippen LogP contribution is 2.21. The third-order valence-electron chi connectivity index (χ3n) is 2.01. The number of nitrogens with one attached hydrogen (secondary N) is 1. The van der Waals surface area contributed by atoms with Gasteiger partial charge in [0, 0.05) is 0 Å². The minimum absolute atomic E-state index is 0.256. The number of aromatic amines is 1. The first-order valence-electron chi connectivity index (χ1n) is 4.23. The Morgan fingerprint density at radius 3 is 2.93 bits per heavy atom. The normalized spacial score (nSPS) is 11.4. The second-order valence-electron chi connectivity index (χ2n) is 3.34. The van der Waals surface area contributed by atoms with Crippen LogP contribution >= 0.6 is 11.6 Å². The second kappa shape index (κ2) is 3.09. The lowest BCUT2D eigenvalue weighted by Crippen LogP contribution is -2.13. The topological polar surface area (TPSA) is 63.0 Å². The third-order valence-corrected chi connectivity index (χ3v) is 2.30. The molecule has 1 N–H and O–H groups in total. The summed E-state index contributed by atoms with van der Waals surface area (Å²) in [7, 11) is 0. The van der Waals surface area contributed by atoms with Crippen molar-refractivity contribution in [1.29, 1.82) is 0 Å². The molecule has 0 aliphatic carbocycles. The van der Waals surface area contributed by atoms with Crippen molar-refractivity contribution in [1.82, 2.24) is 19.8 Å². The maximum atomic E-state index is 11.1. The van der Waals surface area contributed by atoms with E-state index in [-0.39, 0.29) is 11.6 Å². The van der Waals surface area contributed by atoms with Gasteiger partial charge in [0.15, 0.2) is 10.8 Å². The van der Waals surface area contributed by atoms with Gasteiger partial charge >= 0.3 is 5.69 Å². The molecule has 0 radical (unpaired) electrons. The maximum Gasteiger partial charge on any atom is 0.364 e. The predicted octanol–water partition coefficient (Wildman–Crippen LogP) is 1.19. The molecule has 5 nitrogen and oxygen atoms in total. The summed E-state index contributed by atoms with van der Waals surface area (Å²) < 4.78 is 1.15. The summed E-state index contributed by atoms with van der Waals surface area (Å²) in [6, 6.07) is 1.76. The molecule has 0 atom stereocenters. The number of aromatic nitrogens is 4. The van der Waals surface area contributed by atoms with E-state index in [1.54, 1.807) is 6.07 Å². The highest BCUT2D eigenvalue weighted by Gasteiger charge is 2.10. The van der Waals surface area contributed by atoms with Crippen LogP contribution in [0, 0.1) is 0 Å². The van der Waals surface area contributed by atoms with Crippen LogP contribution in [0.1, 0.15) is 25.3 Å². The molecular weight excluding hydrogens is 204 g/mol. The maximum absolute atomic E-state index is 11.1. The van der Waals surface area contributed by atoms with E-state index in [1.165, 1.54) is 0 Å². The largest absolute Gasteiger partial charge is 0.364 e. The van der Waals surface area contributed by atoms with E-state index in [0.29, 0.717) is 10.8 Å². The highest BCUT2D eigenvalue weighted by atomic mass is 35.5. The molecule has 0 unspecified atom stereocenters. The average Bonchev–Trinajstić information content (AvgIpc) is 2.46. The molecule has 0 fully saturated rings. The average molecular weight is 213 g/mol. The van der Waals surface area contributed by atoms with Crippen LogP contribution in [0.4, 0.5) is 0 Å². The smallest absolute Gasteiger partial charge is 0.244 e. The van der Waals surface area contributed by atoms with E-state index < -0.39 is 0 Å². The lowest BCUT2D eigenvalue weighted by molar-refractivity contribution is 0.817. The number of nitrogens with zero attached hydrogens (tertiary/aromatic N) is 3. The molecular formula is C8H9ClN4O. The van der Waals surface area contributed by atoms with Crippen molar-refractivity contribution in [3.05, 3.63) is 27.3 Å². The van der Waals surface area contributed by atoms with Crippen LogP contribution in [0.25, 0.3) is 5.65 Å². The van der Waals surface area contributed by atoms with Crippen molar-refractivity contribution >= 4 is 17.2 Å². The first-order chi connectivity index (χ1) is 6.59. The molecule has 0 bridgehead atoms. The second-order valence-corrected chi connectivity index (χ2v) is 3.70. The minimum atomic E-state index is -0.378. The fourth-order valence-electron chi connectivity index (χ4n) is 1.24. The lowest BCUT2D eigenvalue weighted by atomic mass is 10.1. The van der Waals surface area contributed by atoms with Gasteiger partial charge in [-0.2, -0.15) is 9.61 Å². The molecule has 2 rings (SSSR count). The van der Waals surface area contributed by atoms with Crippen LogP contribution in [0.3, 0.4) is 0 Å². The number of halogens is 1. The quantitative estimate of drug-likeness (QED) is 0.773. The molecule has 6 heteroatoms. The summed E-state index contributed by atoms with van der Waals surface area (Å²) in [5.74, 6) is 0.256. The van der Waals surface area contributed by atoms with Gasteiger partial charge in [0.1, 0.15) is 0 Å². The Kier molecular flexibility index (Phi) is 2.03. The van der Waals surface area contributed by atoms with Gasteiger partial charge in [0.05, 0.1) is 0 Å². The van der Waals surface area contributed by atoms with Crippen molar-refractivity contribution in [3.8, 4) is 0 Å². The van der Waals surface area contributed by atoms with Crippen LogP contribution in [-0.2, 0) is 0 Å². The Morgan fingerprint density at radius 2 is 2.29 bits per heavy atom. The predicted molar refractivity (Wildman–Crippen MR) is 52.7 cm³/mol. The Bertz CT molecular complexity index is 528. The van der Waals surface area contributed by atoms with Gasteiger partial charge in [-0.3, -0.25) is 0 Å². The van der Waals surface area contributed by atoms with Gasteiger partial charge < -0.3 is 0 Å². The molecule has 2 aromatic heterocycles. The summed E-state index contributed by atoms with van der Waals surface area (Å²) in [4.78, 5) is 11.1. The van der Waals surface area contributed by atoms with Gasteiger partial charge in [-0.25, -0.2) is 9.89 Å². The number of H-pyrrole nitrogens is 1. The molecule has 0 saturated heterocycles. The summed E-state index contributed by atoms with van der Waals surface area (Å²) in [5, 5.41) is 10.4. The van der Waals surface area contributed by atoms with Crippen molar-refractivity contribution < 1.29 is 0 Å². The zero-order valence-electron chi connectivity index (χ0n) is 7.78. The highest BCUT2D eigenvalue weighted by molar-refractivity contribution is 6.30. The summed E-state index contributed by atoms with van der Waals surface area (Å²) in [5.41, 5.74) is 0.999. The van der Waals surface area contributed by atoms with Crippen molar-refractivity contribution in [3.63, 3.8) is 0 Å². The van der Waals surface area contributed by atoms with Gasteiger partial charge in [-0.15, -0.1) is 5.10 Å². The third kappa shape index (κ3) is 1.29. The van der Waals surface area contributed by atoms with Gasteiger partial charge in [0.25, 0.3) is 0 Å². The van der Waals surface area contributed by atoms with E-state index in [1.807, 2.05) is 13.8 Å². The van der Waals surface area contributed by atoms with Crippen LogP contribution in [-0.4, -0.2) is 19.8 Å². The number of rotatable bonds is 1. The first-order valence-corrected chi connectivity index (χ1v) is 4.61. The van der Waals surface area contributed by atoms with E-state index in [2.05, 4.69) is 15.3 Å². The minimum Gasteiger partial charge on any atom is -0.244 e. The molecule has 0 aromatic carbocycles. The molecule has 0 spiro atoms. The fourth-order valence-corrected chi connectivity index (χ4v) is 1.59. The summed E-state index contributed by atoms with van der Waals surface area (Å²) in [6.07, 6.45) is 0. The number of hydrogen-bond donors (Lipinski definition) is 1. The monoisotopic (exact) mass is 212 g/mol. The Balaban J connectivity index is 2.79. The van der Waals surface area contributed by atoms with Gasteiger partial charge in [-0.1, -0.05) is 25.4 Å². The van der Waals surface area contributed by atoms with Crippen LogP contribution in [0.5, 0.6) is 0 Å². The van der Waals surface area contributed by atoms with Gasteiger partial charge in [0.2, 0.25) is 0 Å². The van der Waals surface area contributed by atoms with E-state index in [4.69, 9.17) is 11.6 Å². The summed E-state index contributed by atoms with van der Waals surface area (Å²) >= 11 is 5.91. The standard InChI is InChI=1S/C8H9ClN4O/c1-4(2)5-3-6-10-11-8(14)13(6)12-7(5)9/h3-4H,1-2H3,(H,11,14). The van der Waals surface area contributed by atoms with E-state index >= 15 is 0 Å². The molecule has 0 aliphatic heterocycles. The molecule has 0 aliphatic rings. The van der Waals surface area contributed by atoms with E-state index in [0.717, 1.165) is 10.1 Å². The molecule has 0 saturated carbocycles. The summed E-state index contributed by atoms with van der Waals surface area (Å²) in [6.45, 7) is 4.01. The Labute approximate surface area is 84.7 Å². The number of fused-ring (bicyclic) bond motifs is 1. The molecule has 2 heterocycles. The number of hydrogen-bond acceptors (Lipinski definition) is 3. The zero-order chi connectivity index (χ0) is 10.3. The van der Waals surface area contributed by atoms with Gasteiger partial charge in [-0.05, 0) is 17.5 Å². The van der Waals surface area contributed by atoms with Crippen molar-refractivity contribution in [2.24, 2.45) is 0 Å². The van der Waals surface area contributed by atoms with Crippen LogP contribution in [0.15, 0.2) is 10.9 Å². The zero-order valence-corrected chi connectivity index (χ0v) is 8.54. The van der Waals surface area contributed by atoms with Crippen molar-refractivity contribution in [2.75, 3.05) is 0 Å². The Hall–Kier alpha value is -1.36. The van der Waals surface area contributed by atoms with Crippen LogP contribution in [0.2, 0.25) is 5.15 Å². The molecule has 0 amide bonds. The SMILES string of the molecule is CC(C)c1cc2n[nH]c(=O)n2nc1Cl. The molecule has 14 heavy (non-hydrogen) atoms. The van der Waals surface area contributed by atoms with Crippen molar-refractivity contribution in [2.45, 2.75) is 19.8 Å². The van der Waals surface area contributed by atoms with Crippen LogP contribution < -0.4 is 5.69 Å². The fraction of sp³-hybridized carbons (Fsp3) is 0.375. The first kappa shape index (κ1) is 9.21.